The van der Waals surface area contributed by atoms with Gasteiger partial charge in [0.2, 0.25) is 5.95 Å². The van der Waals surface area contributed by atoms with Crippen LogP contribution < -0.4 is 0 Å². The van der Waals surface area contributed by atoms with Crippen molar-refractivity contribution in [2.24, 2.45) is 0 Å². The van der Waals surface area contributed by atoms with Crippen LogP contribution in [-0.4, -0.2) is 14.5 Å². The van der Waals surface area contributed by atoms with Gasteiger partial charge in [0.1, 0.15) is 16.8 Å². The molecule has 4 nitrogen and oxygen atoms in total. The molecular weight excluding hydrogens is 619 g/mol. The van der Waals surface area contributed by atoms with E-state index in [-0.39, 0.29) is 0 Å². The number of thiophene rings is 1. The minimum Gasteiger partial charge on any atom is -0.452 e. The first-order chi connectivity index (χ1) is 24.3. The van der Waals surface area contributed by atoms with Crippen molar-refractivity contribution in [3.63, 3.8) is 0 Å². The molecular formula is C44H25N3OS. The quantitative estimate of drug-likeness (QED) is 0.192. The zero-order valence-electron chi connectivity index (χ0n) is 26.1. The predicted octanol–water partition coefficient (Wildman–Crippen LogP) is 12.3. The third-order valence-corrected chi connectivity index (χ3v) is 11.0. The molecule has 0 fully saturated rings. The van der Waals surface area contributed by atoms with Crippen LogP contribution in [0.5, 0.6) is 0 Å². The van der Waals surface area contributed by atoms with Crippen LogP contribution in [0.15, 0.2) is 156 Å². The molecule has 0 atom stereocenters. The summed E-state index contributed by atoms with van der Waals surface area (Å²) in [6, 6.07) is 53.5. The fraction of sp³-hybridized carbons (Fsp3) is 0. The monoisotopic (exact) mass is 643 g/mol. The Morgan fingerprint density at radius 1 is 0.510 bits per heavy atom. The van der Waals surface area contributed by atoms with Gasteiger partial charge in [-0.25, -0.2) is 9.97 Å². The minimum atomic E-state index is 0.618. The summed E-state index contributed by atoms with van der Waals surface area (Å²) in [5, 5.41) is 8.40. The second-order valence-corrected chi connectivity index (χ2v) is 13.6. The number of benzene rings is 7. The van der Waals surface area contributed by atoms with Crippen LogP contribution in [0, 0.1) is 0 Å². The number of aromatic nitrogens is 3. The first-order valence-electron chi connectivity index (χ1n) is 16.4. The maximum absolute atomic E-state index is 6.48. The predicted molar refractivity (Wildman–Crippen MR) is 205 cm³/mol. The molecule has 49 heavy (non-hydrogen) atoms. The average molecular weight is 644 g/mol. The van der Waals surface area contributed by atoms with E-state index in [4.69, 9.17) is 14.4 Å². The molecule has 0 spiro atoms. The second-order valence-electron chi connectivity index (χ2n) is 12.5. The Bertz CT molecular complexity index is 3100. The zero-order chi connectivity index (χ0) is 32.1. The van der Waals surface area contributed by atoms with Gasteiger partial charge in [-0.05, 0) is 52.2 Å². The Kier molecular flexibility index (Phi) is 5.51. The SMILES string of the molecule is c1ccc(-c2cc3c(c4ccccc24)c2c4sc5ccccc5c4ccc2n3-c2nc(-c3ccccc3)c3oc4ccccc4c3n2)cc1. The summed E-state index contributed by atoms with van der Waals surface area (Å²) in [5.41, 5.74) is 8.56. The van der Waals surface area contributed by atoms with Crippen molar-refractivity contribution in [2.75, 3.05) is 0 Å². The molecule has 0 radical (unpaired) electrons. The molecule has 0 saturated heterocycles. The summed E-state index contributed by atoms with van der Waals surface area (Å²) in [7, 11) is 0. The van der Waals surface area contributed by atoms with Crippen molar-refractivity contribution in [1.29, 1.82) is 0 Å². The van der Waals surface area contributed by atoms with E-state index in [9.17, 15) is 0 Å². The summed E-state index contributed by atoms with van der Waals surface area (Å²) in [4.78, 5) is 10.7. The molecule has 0 bridgehead atoms. The number of nitrogens with zero attached hydrogens (tertiary/aromatic N) is 3. The lowest BCUT2D eigenvalue weighted by Gasteiger charge is -2.12. The molecule has 0 saturated carbocycles. The fourth-order valence-corrected chi connectivity index (χ4v) is 8.93. The van der Waals surface area contributed by atoms with Gasteiger partial charge in [-0.1, -0.05) is 121 Å². The van der Waals surface area contributed by atoms with Gasteiger partial charge in [0.25, 0.3) is 0 Å². The van der Waals surface area contributed by atoms with Gasteiger partial charge in [-0.3, -0.25) is 4.57 Å². The van der Waals surface area contributed by atoms with E-state index in [1.807, 2.05) is 47.7 Å². The van der Waals surface area contributed by atoms with E-state index in [0.29, 0.717) is 11.5 Å². The molecule has 0 N–H and O–H groups in total. The van der Waals surface area contributed by atoms with Crippen LogP contribution in [0.25, 0.3) is 103 Å². The Balaban J connectivity index is 1.37. The van der Waals surface area contributed by atoms with E-state index in [1.54, 1.807) is 0 Å². The highest BCUT2D eigenvalue weighted by Crippen LogP contribution is 2.47. The smallest absolute Gasteiger partial charge is 0.236 e. The van der Waals surface area contributed by atoms with Crippen LogP contribution in [0.1, 0.15) is 0 Å². The molecule has 11 aromatic rings. The van der Waals surface area contributed by atoms with E-state index >= 15 is 0 Å². The van der Waals surface area contributed by atoms with Gasteiger partial charge in [0.15, 0.2) is 5.58 Å². The molecule has 0 aliphatic heterocycles. The highest BCUT2D eigenvalue weighted by atomic mass is 32.1. The van der Waals surface area contributed by atoms with Gasteiger partial charge < -0.3 is 4.42 Å². The van der Waals surface area contributed by atoms with Gasteiger partial charge in [-0.15, -0.1) is 11.3 Å². The standard InChI is InChI=1S/C44H25N3OS/c1-3-13-26(14-4-1)33-25-35-38(30-19-8-7-17-28(30)33)39-34(24-23-31-29-18-10-12-22-37(29)49-43(31)39)47(35)44-45-40(27-15-5-2-6-16-27)42-41(46-44)32-20-9-11-21-36(32)48-42/h1-25H. The molecule has 0 unspecified atom stereocenters. The topological polar surface area (TPSA) is 43.9 Å². The molecule has 0 aliphatic rings. The van der Waals surface area contributed by atoms with Crippen molar-refractivity contribution < 1.29 is 4.42 Å². The van der Waals surface area contributed by atoms with E-state index in [1.165, 1.54) is 52.8 Å². The molecule has 7 aromatic carbocycles. The molecule has 0 aliphatic carbocycles. The van der Waals surface area contributed by atoms with Gasteiger partial charge >= 0.3 is 0 Å². The van der Waals surface area contributed by atoms with Crippen LogP contribution in [0.3, 0.4) is 0 Å². The summed E-state index contributed by atoms with van der Waals surface area (Å²) >= 11 is 1.86. The summed E-state index contributed by atoms with van der Waals surface area (Å²) in [6.07, 6.45) is 0. The highest BCUT2D eigenvalue weighted by Gasteiger charge is 2.24. The Labute approximate surface area is 284 Å². The number of rotatable bonds is 3. The van der Waals surface area contributed by atoms with Crippen molar-refractivity contribution in [3.05, 3.63) is 152 Å². The third-order valence-electron chi connectivity index (χ3n) is 9.82. The van der Waals surface area contributed by atoms with Crippen molar-refractivity contribution >= 4 is 86.2 Å². The maximum Gasteiger partial charge on any atom is 0.236 e. The Hall–Kier alpha value is -6.30. The van der Waals surface area contributed by atoms with Crippen molar-refractivity contribution in [3.8, 4) is 28.3 Å². The third kappa shape index (κ3) is 3.79. The Morgan fingerprint density at radius 2 is 1.18 bits per heavy atom. The van der Waals surface area contributed by atoms with Gasteiger partial charge in [0, 0.05) is 41.9 Å². The van der Waals surface area contributed by atoms with Crippen molar-refractivity contribution in [2.45, 2.75) is 0 Å². The molecule has 0 amide bonds. The molecule has 4 heterocycles. The minimum absolute atomic E-state index is 0.618. The second kappa shape index (κ2) is 10.1. The molecule has 5 heteroatoms. The number of hydrogen-bond donors (Lipinski definition) is 0. The largest absolute Gasteiger partial charge is 0.452 e. The number of para-hydroxylation sites is 1. The first-order valence-corrected chi connectivity index (χ1v) is 17.2. The Morgan fingerprint density at radius 3 is 2.00 bits per heavy atom. The number of fused-ring (bicyclic) bond motifs is 12. The molecule has 4 aromatic heterocycles. The van der Waals surface area contributed by atoms with Crippen LogP contribution >= 0.6 is 11.3 Å². The molecule has 228 valence electrons. The summed E-state index contributed by atoms with van der Waals surface area (Å²) < 4.78 is 11.3. The van der Waals surface area contributed by atoms with Gasteiger partial charge in [0.05, 0.1) is 11.0 Å². The van der Waals surface area contributed by atoms with Crippen LogP contribution in [-0.2, 0) is 0 Å². The van der Waals surface area contributed by atoms with Crippen LogP contribution in [0.4, 0.5) is 0 Å². The lowest BCUT2D eigenvalue weighted by molar-refractivity contribution is 0.666. The number of hydrogen-bond acceptors (Lipinski definition) is 4. The van der Waals surface area contributed by atoms with E-state index < -0.39 is 0 Å². The van der Waals surface area contributed by atoms with E-state index in [2.05, 4.69) is 120 Å². The lowest BCUT2D eigenvalue weighted by Crippen LogP contribution is -2.03. The average Bonchev–Trinajstić information content (AvgIpc) is 3.84. The first kappa shape index (κ1) is 26.7. The summed E-state index contributed by atoms with van der Waals surface area (Å²) in [6.45, 7) is 0. The van der Waals surface area contributed by atoms with Gasteiger partial charge in [-0.2, -0.15) is 0 Å². The summed E-state index contributed by atoms with van der Waals surface area (Å²) in [5.74, 6) is 0.618. The lowest BCUT2D eigenvalue weighted by atomic mass is 9.94. The fourth-order valence-electron chi connectivity index (χ4n) is 7.68. The van der Waals surface area contributed by atoms with E-state index in [0.717, 1.165) is 38.8 Å². The molecule has 11 rings (SSSR count). The highest BCUT2D eigenvalue weighted by molar-refractivity contribution is 7.26. The maximum atomic E-state index is 6.48. The number of furan rings is 1. The van der Waals surface area contributed by atoms with Crippen molar-refractivity contribution in [1.82, 2.24) is 14.5 Å². The normalized spacial score (nSPS) is 12.1. The zero-order valence-corrected chi connectivity index (χ0v) is 26.9. The van der Waals surface area contributed by atoms with Crippen LogP contribution in [0.2, 0.25) is 0 Å².